The van der Waals surface area contributed by atoms with Crippen molar-refractivity contribution in [3.8, 4) is 5.69 Å². The lowest BCUT2D eigenvalue weighted by Crippen LogP contribution is -2.48. The molecule has 0 spiro atoms. The van der Waals surface area contributed by atoms with E-state index in [1.807, 2.05) is 30.3 Å². The Morgan fingerprint density at radius 2 is 2.09 bits per heavy atom. The van der Waals surface area contributed by atoms with Gasteiger partial charge in [0.05, 0.1) is 18.3 Å². The molecular weight excluding hydrogens is 316 g/mol. The van der Waals surface area contributed by atoms with Crippen LogP contribution in [0.3, 0.4) is 0 Å². The predicted molar refractivity (Wildman–Crippen MR) is 89.7 cm³/mol. The van der Waals surface area contributed by atoms with Crippen molar-refractivity contribution in [2.75, 3.05) is 20.2 Å². The lowest BCUT2D eigenvalue weighted by Gasteiger charge is -2.37. The SMILES string of the molecule is COC1CCN(Cc2nnnn2-c2ccccc2)C(CN)C1.Cl. The molecule has 1 saturated heterocycles. The number of halogens is 1. The summed E-state index contributed by atoms with van der Waals surface area (Å²) in [6, 6.07) is 10.2. The zero-order valence-corrected chi connectivity index (χ0v) is 14.0. The molecule has 1 aromatic carbocycles. The standard InChI is InChI=1S/C15H22N6O.ClH/c1-22-14-7-8-20(13(9-14)10-16)11-15-17-18-19-21(15)12-5-3-2-4-6-12;/h2-6,13-14H,7-11,16H2,1H3;1H. The number of hydrogen-bond acceptors (Lipinski definition) is 6. The van der Waals surface area contributed by atoms with Gasteiger partial charge in [-0.3, -0.25) is 4.90 Å². The molecule has 126 valence electrons. The highest BCUT2D eigenvalue weighted by Gasteiger charge is 2.28. The van der Waals surface area contributed by atoms with Crippen molar-refractivity contribution in [2.45, 2.75) is 31.5 Å². The summed E-state index contributed by atoms with van der Waals surface area (Å²) in [7, 11) is 1.77. The van der Waals surface area contributed by atoms with Crippen LogP contribution in [0.25, 0.3) is 5.69 Å². The number of rotatable bonds is 5. The molecule has 7 nitrogen and oxygen atoms in total. The summed E-state index contributed by atoms with van der Waals surface area (Å²) in [4.78, 5) is 2.35. The Labute approximate surface area is 142 Å². The molecular formula is C15H23ClN6O. The molecule has 2 atom stereocenters. The summed E-state index contributed by atoms with van der Waals surface area (Å²) in [5.74, 6) is 0.834. The minimum atomic E-state index is 0. The third kappa shape index (κ3) is 4.06. The van der Waals surface area contributed by atoms with E-state index in [9.17, 15) is 0 Å². The summed E-state index contributed by atoms with van der Waals surface area (Å²) >= 11 is 0. The summed E-state index contributed by atoms with van der Waals surface area (Å²) in [6.07, 6.45) is 2.27. The number of methoxy groups -OCH3 is 1. The van der Waals surface area contributed by atoms with E-state index in [1.165, 1.54) is 0 Å². The Bertz CT molecular complexity index is 593. The minimum absolute atomic E-state index is 0. The highest BCUT2D eigenvalue weighted by Crippen LogP contribution is 2.21. The minimum Gasteiger partial charge on any atom is -0.381 e. The molecule has 3 rings (SSSR count). The monoisotopic (exact) mass is 338 g/mol. The number of para-hydroxylation sites is 1. The van der Waals surface area contributed by atoms with E-state index in [2.05, 4.69) is 20.4 Å². The second kappa shape index (κ2) is 8.35. The van der Waals surface area contributed by atoms with Crippen LogP contribution in [-0.2, 0) is 11.3 Å². The van der Waals surface area contributed by atoms with Crippen molar-refractivity contribution in [1.82, 2.24) is 25.1 Å². The molecule has 0 radical (unpaired) electrons. The first-order valence-corrected chi connectivity index (χ1v) is 7.61. The number of piperidine rings is 1. The third-order valence-corrected chi connectivity index (χ3v) is 4.27. The van der Waals surface area contributed by atoms with E-state index in [0.717, 1.165) is 30.9 Å². The molecule has 0 saturated carbocycles. The quantitative estimate of drug-likeness (QED) is 0.876. The number of nitrogens with zero attached hydrogens (tertiary/aromatic N) is 5. The van der Waals surface area contributed by atoms with Crippen LogP contribution in [0, 0.1) is 0 Å². The highest BCUT2D eigenvalue weighted by molar-refractivity contribution is 5.85. The van der Waals surface area contributed by atoms with E-state index in [-0.39, 0.29) is 12.4 Å². The van der Waals surface area contributed by atoms with Gasteiger partial charge in [-0.1, -0.05) is 18.2 Å². The van der Waals surface area contributed by atoms with Crippen LogP contribution in [0.2, 0.25) is 0 Å². The lowest BCUT2D eigenvalue weighted by atomic mass is 9.99. The molecule has 2 unspecified atom stereocenters. The molecule has 0 aliphatic carbocycles. The Morgan fingerprint density at radius 1 is 1.30 bits per heavy atom. The van der Waals surface area contributed by atoms with Gasteiger partial charge in [-0.2, -0.15) is 4.68 Å². The number of hydrogen-bond donors (Lipinski definition) is 1. The van der Waals surface area contributed by atoms with Gasteiger partial charge in [0.1, 0.15) is 0 Å². The lowest BCUT2D eigenvalue weighted by molar-refractivity contribution is 0.00907. The van der Waals surface area contributed by atoms with E-state index in [1.54, 1.807) is 11.8 Å². The fourth-order valence-electron chi connectivity index (χ4n) is 2.99. The van der Waals surface area contributed by atoms with Crippen molar-refractivity contribution < 1.29 is 4.74 Å². The first-order valence-electron chi connectivity index (χ1n) is 7.61. The molecule has 23 heavy (non-hydrogen) atoms. The summed E-state index contributed by atoms with van der Waals surface area (Å²) < 4.78 is 7.26. The second-order valence-corrected chi connectivity index (χ2v) is 5.58. The van der Waals surface area contributed by atoms with Gasteiger partial charge in [-0.25, -0.2) is 0 Å². The Kier molecular flexibility index (Phi) is 6.47. The topological polar surface area (TPSA) is 82.1 Å². The maximum absolute atomic E-state index is 5.93. The van der Waals surface area contributed by atoms with Crippen LogP contribution in [0.4, 0.5) is 0 Å². The molecule has 2 heterocycles. The normalized spacial score (nSPS) is 21.8. The van der Waals surface area contributed by atoms with Crippen molar-refractivity contribution >= 4 is 12.4 Å². The predicted octanol–water partition coefficient (Wildman–Crippen LogP) is 1.02. The molecule has 1 aliphatic heterocycles. The van der Waals surface area contributed by atoms with E-state index in [0.29, 0.717) is 25.2 Å². The fraction of sp³-hybridized carbons (Fsp3) is 0.533. The van der Waals surface area contributed by atoms with Crippen LogP contribution in [0.15, 0.2) is 30.3 Å². The van der Waals surface area contributed by atoms with Crippen molar-refractivity contribution in [3.63, 3.8) is 0 Å². The Morgan fingerprint density at radius 3 is 2.78 bits per heavy atom. The largest absolute Gasteiger partial charge is 0.381 e. The van der Waals surface area contributed by atoms with Crippen molar-refractivity contribution in [3.05, 3.63) is 36.2 Å². The summed E-state index contributed by atoms with van der Waals surface area (Å²) in [5.41, 5.74) is 6.90. The van der Waals surface area contributed by atoms with E-state index < -0.39 is 0 Å². The average Bonchev–Trinajstić information content (AvgIpc) is 3.04. The van der Waals surface area contributed by atoms with Gasteiger partial charge < -0.3 is 10.5 Å². The summed E-state index contributed by atoms with van der Waals surface area (Å²) in [6.45, 7) is 2.26. The number of benzene rings is 1. The van der Waals surface area contributed by atoms with E-state index in [4.69, 9.17) is 10.5 Å². The molecule has 1 aromatic heterocycles. The van der Waals surface area contributed by atoms with Crippen LogP contribution in [-0.4, -0.2) is 57.5 Å². The number of ether oxygens (including phenoxy) is 1. The molecule has 1 fully saturated rings. The maximum atomic E-state index is 5.93. The van der Waals surface area contributed by atoms with Gasteiger partial charge >= 0.3 is 0 Å². The van der Waals surface area contributed by atoms with Gasteiger partial charge in [0.25, 0.3) is 0 Å². The fourth-order valence-corrected chi connectivity index (χ4v) is 2.99. The Balaban J connectivity index is 0.00000192. The van der Waals surface area contributed by atoms with Gasteiger partial charge in [0, 0.05) is 26.2 Å². The average molecular weight is 339 g/mol. The first kappa shape index (κ1) is 17.8. The smallest absolute Gasteiger partial charge is 0.170 e. The highest BCUT2D eigenvalue weighted by atomic mass is 35.5. The number of likely N-dealkylation sites (tertiary alicyclic amines) is 1. The zero-order chi connectivity index (χ0) is 15.4. The molecule has 0 bridgehead atoms. The van der Waals surface area contributed by atoms with Gasteiger partial charge in [0.2, 0.25) is 0 Å². The summed E-state index contributed by atoms with van der Waals surface area (Å²) in [5, 5.41) is 12.1. The van der Waals surface area contributed by atoms with Crippen LogP contribution in [0.1, 0.15) is 18.7 Å². The van der Waals surface area contributed by atoms with Crippen LogP contribution in [0.5, 0.6) is 0 Å². The van der Waals surface area contributed by atoms with Gasteiger partial charge in [0.15, 0.2) is 5.82 Å². The number of aromatic nitrogens is 4. The van der Waals surface area contributed by atoms with Gasteiger partial charge in [-0.05, 0) is 35.4 Å². The third-order valence-electron chi connectivity index (χ3n) is 4.27. The molecule has 2 aromatic rings. The van der Waals surface area contributed by atoms with Crippen LogP contribution < -0.4 is 5.73 Å². The molecule has 8 heteroatoms. The number of tetrazole rings is 1. The molecule has 1 aliphatic rings. The van der Waals surface area contributed by atoms with Gasteiger partial charge in [-0.15, -0.1) is 17.5 Å². The zero-order valence-electron chi connectivity index (χ0n) is 13.2. The number of nitrogens with two attached hydrogens (primary N) is 1. The van der Waals surface area contributed by atoms with E-state index >= 15 is 0 Å². The maximum Gasteiger partial charge on any atom is 0.170 e. The first-order chi connectivity index (χ1) is 10.8. The van der Waals surface area contributed by atoms with Crippen LogP contribution >= 0.6 is 12.4 Å². The second-order valence-electron chi connectivity index (χ2n) is 5.58. The van der Waals surface area contributed by atoms with Crippen molar-refractivity contribution in [2.24, 2.45) is 5.73 Å². The molecule has 0 amide bonds. The molecule has 2 N–H and O–H groups in total. The van der Waals surface area contributed by atoms with Crippen molar-refractivity contribution in [1.29, 1.82) is 0 Å². The Hall–Kier alpha value is -1.54.